The number of ether oxygens (including phenoxy) is 1. The first kappa shape index (κ1) is 27.8. The molecule has 1 aliphatic heterocycles. The number of fused-ring (bicyclic) bond motifs is 1. The van der Waals surface area contributed by atoms with Gasteiger partial charge in [-0.15, -0.1) is 0 Å². The largest absolute Gasteiger partial charge is 0.444 e. The molecule has 5 heterocycles. The van der Waals surface area contributed by atoms with Gasteiger partial charge in [0, 0.05) is 70.5 Å². The molecular weight excluding hydrogens is 555 g/mol. The molecule has 1 amide bonds. The zero-order chi connectivity index (χ0) is 29.4. The van der Waals surface area contributed by atoms with Gasteiger partial charge in [0.15, 0.2) is 5.65 Å². The number of aromatic nitrogens is 5. The molecule has 0 spiro atoms. The summed E-state index contributed by atoms with van der Waals surface area (Å²) in [5.74, 6) is -0.413. The molecule has 1 aromatic carbocycles. The first-order valence-corrected chi connectivity index (χ1v) is 14.2. The van der Waals surface area contributed by atoms with Gasteiger partial charge < -0.3 is 9.64 Å². The summed E-state index contributed by atoms with van der Waals surface area (Å²) >= 11 is 6.18. The molecular formula is C32H30ClFN6O2. The van der Waals surface area contributed by atoms with Crippen LogP contribution in [-0.4, -0.2) is 54.4 Å². The molecule has 0 saturated carbocycles. The first-order chi connectivity index (χ1) is 20.1. The minimum absolute atomic E-state index is 0.180. The van der Waals surface area contributed by atoms with Crippen LogP contribution < -0.4 is 0 Å². The van der Waals surface area contributed by atoms with E-state index in [1.807, 2.05) is 62.1 Å². The Morgan fingerprint density at radius 3 is 2.57 bits per heavy atom. The highest BCUT2D eigenvalue weighted by molar-refractivity contribution is 6.30. The number of piperidine rings is 1. The maximum absolute atomic E-state index is 14.8. The maximum Gasteiger partial charge on any atom is 0.410 e. The minimum Gasteiger partial charge on any atom is -0.444 e. The summed E-state index contributed by atoms with van der Waals surface area (Å²) in [7, 11) is 0. The second-order valence-corrected chi connectivity index (χ2v) is 11.9. The van der Waals surface area contributed by atoms with Crippen LogP contribution in [0, 0.1) is 5.82 Å². The summed E-state index contributed by atoms with van der Waals surface area (Å²) in [6, 6.07) is 12.3. The predicted molar refractivity (Wildman–Crippen MR) is 160 cm³/mol. The Morgan fingerprint density at radius 1 is 1.00 bits per heavy atom. The van der Waals surface area contributed by atoms with E-state index in [2.05, 4.69) is 20.1 Å². The van der Waals surface area contributed by atoms with Crippen LogP contribution in [0.15, 0.2) is 73.4 Å². The number of carbonyl (C=O) groups is 1. The lowest BCUT2D eigenvalue weighted by Gasteiger charge is -2.33. The lowest BCUT2D eigenvalue weighted by molar-refractivity contribution is 0.0185. The Bertz CT molecular complexity index is 1770. The van der Waals surface area contributed by atoms with E-state index in [1.165, 1.54) is 12.1 Å². The van der Waals surface area contributed by atoms with Gasteiger partial charge in [-0.05, 0) is 81.6 Å². The Hall–Kier alpha value is -4.37. The van der Waals surface area contributed by atoms with Crippen molar-refractivity contribution in [2.24, 2.45) is 0 Å². The van der Waals surface area contributed by atoms with Crippen LogP contribution in [0.4, 0.5) is 9.18 Å². The number of benzene rings is 1. The molecule has 0 radical (unpaired) electrons. The van der Waals surface area contributed by atoms with Crippen molar-refractivity contribution in [3.8, 4) is 33.5 Å². The fourth-order valence-electron chi connectivity index (χ4n) is 5.20. The molecule has 0 unspecified atom stereocenters. The first-order valence-electron chi connectivity index (χ1n) is 13.8. The third kappa shape index (κ3) is 5.83. The van der Waals surface area contributed by atoms with Crippen LogP contribution in [0.5, 0.6) is 0 Å². The van der Waals surface area contributed by atoms with Crippen LogP contribution in [0.2, 0.25) is 5.02 Å². The standard InChI is InChI=1S/C32H30ClFN6O2/c1-32(2,3)42-31(41)39-11-8-24(9-12-39)40-19-22(18-37-40)20-13-21(17-35-16-20)26-15-29(27-14-23(33)6-7-28(27)34)38-30-25(26)5-4-10-36-30/h4-7,10,13-19,24H,8-9,11-12H2,1-3H3. The molecule has 214 valence electrons. The summed E-state index contributed by atoms with van der Waals surface area (Å²) in [5.41, 5.74) is 4.23. The third-order valence-corrected chi connectivity index (χ3v) is 7.50. The van der Waals surface area contributed by atoms with E-state index in [4.69, 9.17) is 16.3 Å². The second-order valence-electron chi connectivity index (χ2n) is 11.4. The Labute approximate surface area is 248 Å². The number of amides is 1. The van der Waals surface area contributed by atoms with E-state index >= 15 is 0 Å². The van der Waals surface area contributed by atoms with Crippen LogP contribution in [-0.2, 0) is 4.74 Å². The molecule has 0 atom stereocenters. The van der Waals surface area contributed by atoms with Crippen LogP contribution in [0.25, 0.3) is 44.5 Å². The number of likely N-dealkylation sites (tertiary alicyclic amines) is 1. The third-order valence-electron chi connectivity index (χ3n) is 7.26. The zero-order valence-electron chi connectivity index (χ0n) is 23.6. The number of hydrogen-bond acceptors (Lipinski definition) is 6. The molecule has 0 N–H and O–H groups in total. The number of nitrogens with zero attached hydrogens (tertiary/aromatic N) is 6. The van der Waals surface area contributed by atoms with Gasteiger partial charge in [-0.25, -0.2) is 19.2 Å². The molecule has 4 aromatic heterocycles. The summed E-state index contributed by atoms with van der Waals surface area (Å²) in [5, 5.41) is 5.90. The predicted octanol–water partition coefficient (Wildman–Crippen LogP) is 7.59. The van der Waals surface area contributed by atoms with Crippen molar-refractivity contribution in [1.82, 2.24) is 29.6 Å². The highest BCUT2D eigenvalue weighted by Gasteiger charge is 2.28. The molecule has 42 heavy (non-hydrogen) atoms. The number of carbonyl (C=O) groups excluding carboxylic acids is 1. The van der Waals surface area contributed by atoms with E-state index in [0.717, 1.165) is 40.5 Å². The number of pyridine rings is 3. The van der Waals surface area contributed by atoms with Crippen molar-refractivity contribution in [3.05, 3.63) is 84.3 Å². The number of hydrogen-bond donors (Lipinski definition) is 0. The van der Waals surface area contributed by atoms with Crippen LogP contribution in [0.1, 0.15) is 39.7 Å². The van der Waals surface area contributed by atoms with Gasteiger partial charge in [0.2, 0.25) is 0 Å². The SMILES string of the molecule is CC(C)(C)OC(=O)N1CCC(n2cc(-c3cncc(-c4cc(-c5cc(Cl)ccc5F)nc5ncccc45)c3)cn2)CC1. The van der Waals surface area contributed by atoms with Gasteiger partial charge in [0.1, 0.15) is 11.4 Å². The molecule has 0 aliphatic carbocycles. The van der Waals surface area contributed by atoms with Crippen molar-refractivity contribution in [3.63, 3.8) is 0 Å². The second kappa shape index (κ2) is 11.1. The Kier molecular flexibility index (Phi) is 7.36. The van der Waals surface area contributed by atoms with E-state index in [-0.39, 0.29) is 12.1 Å². The zero-order valence-corrected chi connectivity index (χ0v) is 24.3. The van der Waals surface area contributed by atoms with Crippen molar-refractivity contribution in [1.29, 1.82) is 0 Å². The lowest BCUT2D eigenvalue weighted by atomic mass is 9.99. The van der Waals surface area contributed by atoms with Gasteiger partial charge in [-0.3, -0.25) is 9.67 Å². The van der Waals surface area contributed by atoms with Crippen molar-refractivity contribution >= 4 is 28.7 Å². The quantitative estimate of drug-likeness (QED) is 0.216. The van der Waals surface area contributed by atoms with Crippen LogP contribution >= 0.6 is 11.6 Å². The average Bonchev–Trinajstić information content (AvgIpc) is 3.48. The molecule has 1 fully saturated rings. The molecule has 1 aliphatic rings. The molecule has 10 heteroatoms. The average molecular weight is 585 g/mol. The molecule has 8 nitrogen and oxygen atoms in total. The summed E-state index contributed by atoms with van der Waals surface area (Å²) in [6.45, 7) is 6.85. The fourth-order valence-corrected chi connectivity index (χ4v) is 5.37. The summed E-state index contributed by atoms with van der Waals surface area (Å²) in [6.07, 6.45) is 10.4. The topological polar surface area (TPSA) is 86.0 Å². The molecule has 1 saturated heterocycles. The highest BCUT2D eigenvalue weighted by Crippen LogP contribution is 2.35. The monoisotopic (exact) mass is 584 g/mol. The Morgan fingerprint density at radius 2 is 1.79 bits per heavy atom. The lowest BCUT2D eigenvalue weighted by Crippen LogP contribution is -2.42. The molecule has 5 aromatic rings. The van der Waals surface area contributed by atoms with E-state index in [9.17, 15) is 9.18 Å². The van der Waals surface area contributed by atoms with Crippen molar-refractivity contribution in [2.75, 3.05) is 13.1 Å². The normalized spacial score (nSPS) is 14.4. The summed E-state index contributed by atoms with van der Waals surface area (Å²) in [4.78, 5) is 27.8. The minimum atomic E-state index is -0.514. The number of halogens is 2. The van der Waals surface area contributed by atoms with Crippen LogP contribution in [0.3, 0.4) is 0 Å². The molecule has 6 rings (SSSR count). The maximum atomic E-state index is 14.8. The fraction of sp³-hybridized carbons (Fsp3) is 0.281. The van der Waals surface area contributed by atoms with Gasteiger partial charge in [0.25, 0.3) is 0 Å². The van der Waals surface area contributed by atoms with E-state index in [1.54, 1.807) is 29.6 Å². The highest BCUT2D eigenvalue weighted by atomic mass is 35.5. The van der Waals surface area contributed by atoms with E-state index < -0.39 is 11.4 Å². The molecule has 0 bridgehead atoms. The van der Waals surface area contributed by atoms with Gasteiger partial charge in [0.05, 0.1) is 17.9 Å². The van der Waals surface area contributed by atoms with Crippen molar-refractivity contribution < 1.29 is 13.9 Å². The van der Waals surface area contributed by atoms with Gasteiger partial charge in [-0.1, -0.05) is 11.6 Å². The number of rotatable bonds is 4. The van der Waals surface area contributed by atoms with E-state index in [0.29, 0.717) is 35.0 Å². The smallest absolute Gasteiger partial charge is 0.410 e. The van der Waals surface area contributed by atoms with Gasteiger partial charge >= 0.3 is 6.09 Å². The van der Waals surface area contributed by atoms with Gasteiger partial charge in [-0.2, -0.15) is 5.10 Å². The summed E-state index contributed by atoms with van der Waals surface area (Å²) < 4.78 is 22.3. The Balaban J connectivity index is 1.27. The van der Waals surface area contributed by atoms with Crippen molar-refractivity contribution in [2.45, 2.75) is 45.3 Å².